The number of hydrogen-bond donors (Lipinski definition) is 1. The summed E-state index contributed by atoms with van der Waals surface area (Å²) in [6.07, 6.45) is 7.82. The molecule has 3 atom stereocenters. The van der Waals surface area contributed by atoms with Crippen LogP contribution in [0.3, 0.4) is 0 Å². The topological polar surface area (TPSA) is 29.9 Å². The summed E-state index contributed by atoms with van der Waals surface area (Å²) >= 11 is 6.44. The Morgan fingerprint density at radius 2 is 2.14 bits per heavy atom. The lowest BCUT2D eigenvalue weighted by molar-refractivity contribution is 0.207. The molecule has 0 bridgehead atoms. The zero-order valence-corrected chi connectivity index (χ0v) is 14.7. The van der Waals surface area contributed by atoms with Gasteiger partial charge in [-0.3, -0.25) is 4.68 Å². The molecule has 1 aromatic rings. The number of likely N-dealkylation sites (N-methyl/N-ethyl adjacent to an activating group) is 1. The van der Waals surface area contributed by atoms with E-state index in [2.05, 4.69) is 24.3 Å². The Balaban J connectivity index is 2.11. The van der Waals surface area contributed by atoms with Crippen molar-refractivity contribution >= 4 is 11.6 Å². The molecule has 1 aliphatic carbocycles. The number of hydrogen-bond acceptors (Lipinski definition) is 2. The average molecular weight is 312 g/mol. The van der Waals surface area contributed by atoms with Crippen LogP contribution in [0.1, 0.15) is 57.3 Å². The van der Waals surface area contributed by atoms with E-state index in [1.165, 1.54) is 37.8 Å². The summed E-state index contributed by atoms with van der Waals surface area (Å²) in [6, 6.07) is 0.525. The van der Waals surface area contributed by atoms with Gasteiger partial charge in [-0.25, -0.2) is 0 Å². The summed E-state index contributed by atoms with van der Waals surface area (Å²) in [7, 11) is 2.01. The van der Waals surface area contributed by atoms with E-state index in [4.69, 9.17) is 11.6 Å². The van der Waals surface area contributed by atoms with Gasteiger partial charge in [-0.05, 0) is 38.1 Å². The number of nitrogens with zero attached hydrogens (tertiary/aromatic N) is 2. The monoisotopic (exact) mass is 311 g/mol. The number of nitrogens with one attached hydrogen (secondary N) is 1. The minimum atomic E-state index is 0.525. The number of aryl methyl sites for hydroxylation is 2. The van der Waals surface area contributed by atoms with Crippen LogP contribution in [0, 0.1) is 18.8 Å². The van der Waals surface area contributed by atoms with Crippen LogP contribution in [0.2, 0.25) is 5.02 Å². The zero-order valence-electron chi connectivity index (χ0n) is 14.0. The van der Waals surface area contributed by atoms with Crippen molar-refractivity contribution in [3.05, 3.63) is 16.4 Å². The van der Waals surface area contributed by atoms with E-state index in [9.17, 15) is 0 Å². The van der Waals surface area contributed by atoms with E-state index in [1.807, 2.05) is 18.7 Å². The highest BCUT2D eigenvalue weighted by Gasteiger charge is 2.29. The Hall–Kier alpha value is -0.540. The lowest BCUT2D eigenvalue weighted by atomic mass is 9.76. The van der Waals surface area contributed by atoms with Gasteiger partial charge in [-0.1, -0.05) is 44.7 Å². The Labute approximate surface area is 134 Å². The van der Waals surface area contributed by atoms with Gasteiger partial charge in [0.25, 0.3) is 0 Å². The molecule has 21 heavy (non-hydrogen) atoms. The van der Waals surface area contributed by atoms with E-state index in [1.54, 1.807) is 0 Å². The highest BCUT2D eigenvalue weighted by molar-refractivity contribution is 6.31. The van der Waals surface area contributed by atoms with E-state index in [0.29, 0.717) is 6.04 Å². The van der Waals surface area contributed by atoms with Gasteiger partial charge in [0.2, 0.25) is 0 Å². The second-order valence-corrected chi connectivity index (χ2v) is 6.92. The Morgan fingerprint density at radius 1 is 1.38 bits per heavy atom. The lowest BCUT2D eigenvalue weighted by Gasteiger charge is -2.35. The summed E-state index contributed by atoms with van der Waals surface area (Å²) in [5.74, 6) is 1.68. The average Bonchev–Trinajstić information content (AvgIpc) is 2.73. The van der Waals surface area contributed by atoms with Crippen molar-refractivity contribution in [2.45, 2.75) is 65.3 Å². The summed E-state index contributed by atoms with van der Waals surface area (Å²) in [6.45, 7) is 7.54. The van der Waals surface area contributed by atoms with Crippen LogP contribution in [-0.2, 0) is 13.5 Å². The fourth-order valence-corrected chi connectivity index (χ4v) is 4.08. The third kappa shape index (κ3) is 4.01. The second-order valence-electron chi connectivity index (χ2n) is 6.54. The van der Waals surface area contributed by atoms with Crippen molar-refractivity contribution < 1.29 is 0 Å². The molecule has 0 saturated heterocycles. The first kappa shape index (κ1) is 16.8. The second kappa shape index (κ2) is 7.64. The molecule has 3 unspecified atom stereocenters. The van der Waals surface area contributed by atoms with Gasteiger partial charge in [0.1, 0.15) is 0 Å². The minimum Gasteiger partial charge on any atom is -0.314 e. The quantitative estimate of drug-likeness (QED) is 0.856. The lowest BCUT2D eigenvalue weighted by Crippen LogP contribution is -2.40. The molecule has 1 saturated carbocycles. The van der Waals surface area contributed by atoms with Crippen LogP contribution >= 0.6 is 11.6 Å². The maximum absolute atomic E-state index is 6.44. The highest BCUT2D eigenvalue weighted by Crippen LogP contribution is 2.34. The molecule has 2 rings (SSSR count). The van der Waals surface area contributed by atoms with Gasteiger partial charge in [-0.15, -0.1) is 0 Å². The molecular formula is C17H30ClN3. The van der Waals surface area contributed by atoms with Gasteiger partial charge in [0.15, 0.2) is 0 Å². The first-order valence-corrected chi connectivity index (χ1v) is 8.85. The van der Waals surface area contributed by atoms with Crippen molar-refractivity contribution in [2.75, 3.05) is 6.54 Å². The van der Waals surface area contributed by atoms with Gasteiger partial charge in [0.05, 0.1) is 16.4 Å². The smallest absolute Gasteiger partial charge is 0.0847 e. The first-order valence-electron chi connectivity index (χ1n) is 8.48. The summed E-state index contributed by atoms with van der Waals surface area (Å²) in [5.41, 5.74) is 2.12. The van der Waals surface area contributed by atoms with Gasteiger partial charge in [-0.2, -0.15) is 5.10 Å². The van der Waals surface area contributed by atoms with E-state index >= 15 is 0 Å². The van der Waals surface area contributed by atoms with Gasteiger partial charge in [0, 0.05) is 19.5 Å². The molecule has 0 spiro atoms. The molecular weight excluding hydrogens is 282 g/mol. The Bertz CT molecular complexity index is 455. The minimum absolute atomic E-state index is 0.525. The standard InChI is InChI=1S/C17H30ClN3/c1-5-13-8-7-9-14(10-13)15(19-6-2)11-16-17(18)12(3)20-21(16)4/h13-15,19H,5-11H2,1-4H3. The molecule has 3 nitrogen and oxygen atoms in total. The number of aromatic nitrogens is 2. The SMILES string of the molecule is CCNC(Cc1c(Cl)c(C)nn1C)C1CCCC(CC)C1. The van der Waals surface area contributed by atoms with Crippen LogP contribution < -0.4 is 5.32 Å². The first-order chi connectivity index (χ1) is 10.1. The molecule has 1 aliphatic rings. The molecule has 0 aromatic carbocycles. The number of rotatable bonds is 6. The Kier molecular flexibility index (Phi) is 6.12. The predicted molar refractivity (Wildman–Crippen MR) is 89.9 cm³/mol. The third-order valence-corrected chi connectivity index (χ3v) is 5.60. The molecule has 4 heteroatoms. The third-order valence-electron chi connectivity index (χ3n) is 5.11. The maximum Gasteiger partial charge on any atom is 0.0847 e. The van der Waals surface area contributed by atoms with Crippen molar-refractivity contribution in [3.63, 3.8) is 0 Å². The molecule has 1 fully saturated rings. The van der Waals surface area contributed by atoms with Crippen LogP contribution in [0.25, 0.3) is 0 Å². The van der Waals surface area contributed by atoms with E-state index < -0.39 is 0 Å². The molecule has 1 N–H and O–H groups in total. The van der Waals surface area contributed by atoms with Crippen LogP contribution in [0.15, 0.2) is 0 Å². The van der Waals surface area contributed by atoms with Crippen molar-refractivity contribution in [2.24, 2.45) is 18.9 Å². The summed E-state index contributed by atoms with van der Waals surface area (Å²) < 4.78 is 1.96. The largest absolute Gasteiger partial charge is 0.314 e. The fraction of sp³-hybridized carbons (Fsp3) is 0.824. The predicted octanol–water partition coefficient (Wildman–Crippen LogP) is 4.12. The van der Waals surface area contributed by atoms with E-state index in [0.717, 1.165) is 35.5 Å². The molecule has 1 aromatic heterocycles. The molecule has 0 aliphatic heterocycles. The van der Waals surface area contributed by atoms with Crippen LogP contribution in [0.4, 0.5) is 0 Å². The van der Waals surface area contributed by atoms with E-state index in [-0.39, 0.29) is 0 Å². The van der Waals surface area contributed by atoms with Crippen LogP contribution in [-0.4, -0.2) is 22.4 Å². The normalized spacial score (nSPS) is 24.2. The maximum atomic E-state index is 6.44. The summed E-state index contributed by atoms with van der Waals surface area (Å²) in [5, 5.41) is 9.02. The highest BCUT2D eigenvalue weighted by atomic mass is 35.5. The van der Waals surface area contributed by atoms with Crippen molar-refractivity contribution in [1.29, 1.82) is 0 Å². The molecule has 120 valence electrons. The van der Waals surface area contributed by atoms with Crippen molar-refractivity contribution in [1.82, 2.24) is 15.1 Å². The summed E-state index contributed by atoms with van der Waals surface area (Å²) in [4.78, 5) is 0. The molecule has 0 amide bonds. The number of halogens is 1. The molecule has 1 heterocycles. The molecule has 0 radical (unpaired) electrons. The zero-order chi connectivity index (χ0) is 15.4. The fourth-order valence-electron chi connectivity index (χ4n) is 3.85. The Morgan fingerprint density at radius 3 is 2.71 bits per heavy atom. The van der Waals surface area contributed by atoms with Crippen LogP contribution in [0.5, 0.6) is 0 Å². The van der Waals surface area contributed by atoms with Crippen molar-refractivity contribution in [3.8, 4) is 0 Å². The van der Waals surface area contributed by atoms with Gasteiger partial charge < -0.3 is 5.32 Å². The van der Waals surface area contributed by atoms with Gasteiger partial charge >= 0.3 is 0 Å².